The van der Waals surface area contributed by atoms with Crippen molar-refractivity contribution >= 4 is 0 Å². The van der Waals surface area contributed by atoms with Crippen molar-refractivity contribution in [3.8, 4) is 0 Å². The van der Waals surface area contributed by atoms with Crippen LogP contribution in [0.2, 0.25) is 0 Å². The standard InChI is InChI=1S/C15H28N2/c1-13-10-14-6-7-15(11-13,12-14)17(3)9-5-4-8-16-2/h6,13,16H,4-5,7-12H2,1-3H3. The largest absolute Gasteiger partial charge is 0.320 e. The Morgan fingerprint density at radius 2 is 2.29 bits per heavy atom. The third kappa shape index (κ3) is 2.92. The van der Waals surface area contributed by atoms with E-state index in [1.54, 1.807) is 5.57 Å². The van der Waals surface area contributed by atoms with Crippen LogP contribution in [-0.2, 0) is 0 Å². The highest BCUT2D eigenvalue weighted by Gasteiger charge is 2.42. The first-order valence-corrected chi connectivity index (χ1v) is 7.20. The van der Waals surface area contributed by atoms with Crippen molar-refractivity contribution in [3.63, 3.8) is 0 Å². The molecular formula is C15H28N2. The topological polar surface area (TPSA) is 15.3 Å². The third-order valence-electron chi connectivity index (χ3n) is 4.65. The lowest BCUT2D eigenvalue weighted by Crippen LogP contribution is -2.47. The van der Waals surface area contributed by atoms with Crippen molar-refractivity contribution in [2.45, 2.75) is 51.0 Å². The van der Waals surface area contributed by atoms with Crippen LogP contribution in [-0.4, -0.2) is 37.6 Å². The fraction of sp³-hybridized carbons (Fsp3) is 0.867. The van der Waals surface area contributed by atoms with Crippen LogP contribution in [0.3, 0.4) is 0 Å². The maximum atomic E-state index is 3.23. The van der Waals surface area contributed by atoms with Gasteiger partial charge in [0.1, 0.15) is 0 Å². The molecule has 2 aliphatic rings. The molecule has 0 radical (unpaired) electrons. The molecule has 2 aliphatic carbocycles. The van der Waals surface area contributed by atoms with E-state index in [-0.39, 0.29) is 0 Å². The van der Waals surface area contributed by atoms with E-state index in [0.29, 0.717) is 5.54 Å². The van der Waals surface area contributed by atoms with Crippen LogP contribution >= 0.6 is 0 Å². The maximum Gasteiger partial charge on any atom is 0.0280 e. The Morgan fingerprint density at radius 3 is 3.06 bits per heavy atom. The molecule has 2 nitrogen and oxygen atoms in total. The van der Waals surface area contributed by atoms with E-state index in [0.717, 1.165) is 12.5 Å². The fourth-order valence-corrected chi connectivity index (χ4v) is 3.72. The van der Waals surface area contributed by atoms with Gasteiger partial charge >= 0.3 is 0 Å². The van der Waals surface area contributed by atoms with E-state index in [1.807, 2.05) is 7.05 Å². The molecule has 1 fully saturated rings. The summed E-state index contributed by atoms with van der Waals surface area (Å²) in [5, 5.41) is 3.23. The van der Waals surface area contributed by atoms with Gasteiger partial charge in [-0.3, -0.25) is 0 Å². The molecular weight excluding hydrogens is 208 g/mol. The zero-order chi connectivity index (χ0) is 12.3. The van der Waals surface area contributed by atoms with Gasteiger partial charge in [0.05, 0.1) is 0 Å². The Morgan fingerprint density at radius 1 is 1.47 bits per heavy atom. The molecule has 0 aromatic rings. The second kappa shape index (κ2) is 5.53. The second-order valence-electron chi connectivity index (χ2n) is 6.21. The lowest BCUT2D eigenvalue weighted by atomic mass is 9.76. The van der Waals surface area contributed by atoms with Gasteiger partial charge in [-0.25, -0.2) is 0 Å². The van der Waals surface area contributed by atoms with Crippen molar-refractivity contribution in [2.24, 2.45) is 5.92 Å². The predicted molar refractivity (Wildman–Crippen MR) is 74.2 cm³/mol. The van der Waals surface area contributed by atoms with Crippen LogP contribution in [0.25, 0.3) is 0 Å². The summed E-state index contributed by atoms with van der Waals surface area (Å²) in [6.07, 6.45) is 10.5. The highest BCUT2D eigenvalue weighted by Crippen LogP contribution is 2.46. The Hall–Kier alpha value is -0.340. The van der Waals surface area contributed by atoms with E-state index in [1.165, 1.54) is 45.1 Å². The van der Waals surface area contributed by atoms with Crippen LogP contribution < -0.4 is 5.32 Å². The minimum atomic E-state index is 0.493. The predicted octanol–water partition coefficient (Wildman–Crippen LogP) is 2.81. The van der Waals surface area contributed by atoms with Gasteiger partial charge in [-0.15, -0.1) is 0 Å². The molecule has 17 heavy (non-hydrogen) atoms. The summed E-state index contributed by atoms with van der Waals surface area (Å²) in [7, 11) is 4.38. The third-order valence-corrected chi connectivity index (χ3v) is 4.65. The molecule has 1 saturated carbocycles. The number of fused-ring (bicyclic) bond motifs is 2. The molecule has 0 spiro atoms. The number of rotatable bonds is 6. The molecule has 0 aliphatic heterocycles. The average molecular weight is 236 g/mol. The maximum absolute atomic E-state index is 3.23. The molecule has 0 saturated heterocycles. The Kier molecular flexibility index (Phi) is 4.26. The highest BCUT2D eigenvalue weighted by molar-refractivity contribution is 5.23. The van der Waals surface area contributed by atoms with Gasteiger partial charge in [0, 0.05) is 5.54 Å². The number of hydrogen-bond acceptors (Lipinski definition) is 2. The van der Waals surface area contributed by atoms with Crippen molar-refractivity contribution in [1.29, 1.82) is 0 Å². The van der Waals surface area contributed by atoms with Gasteiger partial charge in [0.15, 0.2) is 0 Å². The van der Waals surface area contributed by atoms with Crippen molar-refractivity contribution in [2.75, 3.05) is 27.2 Å². The van der Waals surface area contributed by atoms with Crippen LogP contribution in [0.4, 0.5) is 0 Å². The van der Waals surface area contributed by atoms with Gasteiger partial charge in [-0.1, -0.05) is 18.6 Å². The molecule has 0 aromatic carbocycles. The van der Waals surface area contributed by atoms with E-state index < -0.39 is 0 Å². The van der Waals surface area contributed by atoms with Crippen LogP contribution in [0.5, 0.6) is 0 Å². The van der Waals surface area contributed by atoms with Crippen LogP contribution in [0.1, 0.15) is 45.4 Å². The molecule has 0 aromatic heterocycles. The molecule has 2 atom stereocenters. The van der Waals surface area contributed by atoms with Gasteiger partial charge < -0.3 is 10.2 Å². The van der Waals surface area contributed by atoms with Gasteiger partial charge in [0.25, 0.3) is 0 Å². The van der Waals surface area contributed by atoms with Crippen molar-refractivity contribution in [3.05, 3.63) is 11.6 Å². The van der Waals surface area contributed by atoms with E-state index >= 15 is 0 Å². The SMILES string of the molecule is CNCCCCN(C)C12CC=C(CC(C)C1)C2. The fourth-order valence-electron chi connectivity index (χ4n) is 3.72. The molecule has 2 heteroatoms. The second-order valence-corrected chi connectivity index (χ2v) is 6.21. The number of nitrogens with one attached hydrogen (secondary N) is 1. The minimum Gasteiger partial charge on any atom is -0.320 e. The van der Waals surface area contributed by atoms with Crippen LogP contribution in [0, 0.1) is 5.92 Å². The van der Waals surface area contributed by atoms with Crippen molar-refractivity contribution in [1.82, 2.24) is 10.2 Å². The lowest BCUT2D eigenvalue weighted by molar-refractivity contribution is 0.0866. The molecule has 0 amide bonds. The first kappa shape index (κ1) is 13.1. The Bertz CT molecular complexity index is 285. The summed E-state index contributed by atoms with van der Waals surface area (Å²) in [5.41, 5.74) is 2.22. The number of unbranched alkanes of at least 4 members (excludes halogenated alkanes) is 1. The summed E-state index contributed by atoms with van der Waals surface area (Å²) >= 11 is 0. The summed E-state index contributed by atoms with van der Waals surface area (Å²) in [5.74, 6) is 0.886. The Labute approximate surface area is 106 Å². The molecule has 98 valence electrons. The molecule has 2 bridgehead atoms. The number of nitrogens with zero attached hydrogens (tertiary/aromatic N) is 1. The monoisotopic (exact) mass is 236 g/mol. The quantitative estimate of drug-likeness (QED) is 0.563. The summed E-state index contributed by atoms with van der Waals surface area (Å²) in [6, 6.07) is 0. The van der Waals surface area contributed by atoms with Gasteiger partial charge in [-0.05, 0) is 71.6 Å². The summed E-state index contributed by atoms with van der Waals surface area (Å²) < 4.78 is 0. The minimum absolute atomic E-state index is 0.493. The average Bonchev–Trinajstić information content (AvgIpc) is 2.61. The van der Waals surface area contributed by atoms with E-state index in [9.17, 15) is 0 Å². The lowest BCUT2D eigenvalue weighted by Gasteiger charge is -2.44. The van der Waals surface area contributed by atoms with Gasteiger partial charge in [-0.2, -0.15) is 0 Å². The zero-order valence-electron chi connectivity index (χ0n) is 11.8. The smallest absolute Gasteiger partial charge is 0.0280 e. The summed E-state index contributed by atoms with van der Waals surface area (Å²) in [6.45, 7) is 4.83. The normalized spacial score (nSPS) is 32.0. The number of hydrogen-bond donors (Lipinski definition) is 1. The zero-order valence-corrected chi connectivity index (χ0v) is 11.8. The molecule has 2 rings (SSSR count). The molecule has 2 unspecified atom stereocenters. The van der Waals surface area contributed by atoms with Gasteiger partial charge in [0.2, 0.25) is 0 Å². The molecule has 1 N–H and O–H groups in total. The van der Waals surface area contributed by atoms with E-state index in [4.69, 9.17) is 0 Å². The van der Waals surface area contributed by atoms with Crippen molar-refractivity contribution < 1.29 is 0 Å². The molecule has 0 heterocycles. The highest BCUT2D eigenvalue weighted by atomic mass is 15.2. The first-order valence-electron chi connectivity index (χ1n) is 7.20. The van der Waals surface area contributed by atoms with E-state index in [2.05, 4.69) is 30.3 Å². The van der Waals surface area contributed by atoms with Crippen LogP contribution in [0.15, 0.2) is 11.6 Å². The Balaban J connectivity index is 1.84. The summed E-state index contributed by atoms with van der Waals surface area (Å²) in [4.78, 5) is 2.65. The first-order chi connectivity index (χ1) is 8.16.